The van der Waals surface area contributed by atoms with E-state index in [1.165, 1.54) is 12.5 Å². The third-order valence-corrected chi connectivity index (χ3v) is 5.70. The maximum Gasteiger partial charge on any atom is 0.410 e. The number of aromatic nitrogens is 1. The van der Waals surface area contributed by atoms with E-state index < -0.39 is 23.7 Å². The Kier molecular flexibility index (Phi) is 6.51. The minimum atomic E-state index is -0.579. The van der Waals surface area contributed by atoms with E-state index in [9.17, 15) is 14.0 Å². The van der Waals surface area contributed by atoms with Crippen molar-refractivity contribution in [3.8, 4) is 0 Å². The predicted molar refractivity (Wildman–Crippen MR) is 108 cm³/mol. The molecule has 1 unspecified atom stereocenters. The zero-order valence-electron chi connectivity index (χ0n) is 17.6. The number of nitrogens with zero attached hydrogens (tertiary/aromatic N) is 3. The molecule has 1 aliphatic heterocycles. The molecular formula is C21H32FN3O4. The second-order valence-corrected chi connectivity index (χ2v) is 9.13. The Bertz CT molecular complexity index is 785. The molecule has 1 aromatic rings. The van der Waals surface area contributed by atoms with Crippen molar-refractivity contribution in [1.82, 2.24) is 9.47 Å². The fourth-order valence-corrected chi connectivity index (χ4v) is 3.96. The standard InChI is InChI=1S/C21H32FN3O4/c1-21(2,3)29-20(28)25(11-15-6-4-7-15)16-8-5-9-23(12-16)18-10-19(27)24(14-26)13-17(18)22/h10,13,15-16,26H,4-9,11-12,14H2,1-3H3. The summed E-state index contributed by atoms with van der Waals surface area (Å²) in [6.07, 6.45) is 5.73. The van der Waals surface area contributed by atoms with Gasteiger partial charge in [0.15, 0.2) is 5.82 Å². The van der Waals surface area contributed by atoms with Gasteiger partial charge < -0.3 is 19.6 Å². The van der Waals surface area contributed by atoms with Crippen LogP contribution in [0.1, 0.15) is 52.9 Å². The molecule has 2 fully saturated rings. The SMILES string of the molecule is CC(C)(C)OC(=O)N(CC1CCC1)C1CCCN(c2cc(=O)n(CO)cc2F)C1. The first kappa shape index (κ1) is 21.6. The van der Waals surface area contributed by atoms with Crippen LogP contribution in [0, 0.1) is 11.7 Å². The number of pyridine rings is 1. The number of carbonyl (C=O) groups is 1. The summed E-state index contributed by atoms with van der Waals surface area (Å²) in [5, 5.41) is 9.15. The molecule has 1 amide bonds. The van der Waals surface area contributed by atoms with Crippen LogP contribution in [-0.4, -0.2) is 51.9 Å². The van der Waals surface area contributed by atoms with Crippen molar-refractivity contribution in [3.63, 3.8) is 0 Å². The maximum atomic E-state index is 14.6. The molecule has 1 aromatic heterocycles. The van der Waals surface area contributed by atoms with E-state index in [0.29, 0.717) is 25.6 Å². The summed E-state index contributed by atoms with van der Waals surface area (Å²) in [6, 6.07) is 1.12. The van der Waals surface area contributed by atoms with Crippen LogP contribution in [0.5, 0.6) is 0 Å². The molecule has 1 saturated heterocycles. The predicted octanol–water partition coefficient (Wildman–Crippen LogP) is 2.94. The number of hydrogen-bond acceptors (Lipinski definition) is 5. The summed E-state index contributed by atoms with van der Waals surface area (Å²) in [5.74, 6) is -0.0646. The first-order valence-corrected chi connectivity index (χ1v) is 10.4. The van der Waals surface area contributed by atoms with Crippen molar-refractivity contribution in [2.45, 2.75) is 71.2 Å². The number of aliphatic hydroxyl groups excluding tert-OH is 1. The van der Waals surface area contributed by atoms with Crippen LogP contribution in [0.4, 0.5) is 14.9 Å². The molecule has 1 aliphatic carbocycles. The highest BCUT2D eigenvalue weighted by molar-refractivity contribution is 5.69. The van der Waals surface area contributed by atoms with Gasteiger partial charge in [-0.1, -0.05) is 6.42 Å². The average molecular weight is 410 g/mol. The molecule has 2 aliphatic rings. The summed E-state index contributed by atoms with van der Waals surface area (Å²) in [6.45, 7) is 6.71. The number of anilines is 1. The molecule has 1 N–H and O–H groups in total. The molecule has 3 rings (SSSR count). The molecule has 0 aromatic carbocycles. The van der Waals surface area contributed by atoms with Gasteiger partial charge in [-0.25, -0.2) is 9.18 Å². The van der Waals surface area contributed by atoms with Gasteiger partial charge in [0.25, 0.3) is 5.56 Å². The van der Waals surface area contributed by atoms with Gasteiger partial charge in [0.1, 0.15) is 12.3 Å². The Morgan fingerprint density at radius 1 is 1.31 bits per heavy atom. The van der Waals surface area contributed by atoms with E-state index >= 15 is 0 Å². The van der Waals surface area contributed by atoms with Crippen LogP contribution in [0.25, 0.3) is 0 Å². The van der Waals surface area contributed by atoms with Crippen molar-refractivity contribution < 1.29 is 19.0 Å². The fraction of sp³-hybridized carbons (Fsp3) is 0.714. The van der Waals surface area contributed by atoms with E-state index in [1.54, 1.807) is 0 Å². The molecule has 1 saturated carbocycles. The van der Waals surface area contributed by atoms with Crippen molar-refractivity contribution >= 4 is 11.8 Å². The lowest BCUT2D eigenvalue weighted by Crippen LogP contribution is -2.53. The van der Waals surface area contributed by atoms with Crippen molar-refractivity contribution in [3.05, 3.63) is 28.4 Å². The number of hydrogen-bond donors (Lipinski definition) is 1. The van der Waals surface area contributed by atoms with Crippen LogP contribution in [0.3, 0.4) is 0 Å². The van der Waals surface area contributed by atoms with Gasteiger partial charge in [-0.2, -0.15) is 0 Å². The van der Waals surface area contributed by atoms with E-state index in [4.69, 9.17) is 9.84 Å². The second-order valence-electron chi connectivity index (χ2n) is 9.13. The summed E-state index contributed by atoms with van der Waals surface area (Å²) in [5.41, 5.74) is -0.814. The summed E-state index contributed by atoms with van der Waals surface area (Å²) in [7, 11) is 0. The lowest BCUT2D eigenvalue weighted by Gasteiger charge is -2.43. The van der Waals surface area contributed by atoms with Gasteiger partial charge in [-0.3, -0.25) is 9.36 Å². The van der Waals surface area contributed by atoms with Crippen molar-refractivity contribution in [1.29, 1.82) is 0 Å². The van der Waals surface area contributed by atoms with E-state index in [0.717, 1.165) is 36.4 Å². The Balaban J connectivity index is 1.79. The molecule has 1 atom stereocenters. The third kappa shape index (κ3) is 5.29. The highest BCUT2D eigenvalue weighted by atomic mass is 19.1. The number of rotatable bonds is 5. The first-order chi connectivity index (χ1) is 13.7. The van der Waals surface area contributed by atoms with E-state index in [-0.39, 0.29) is 17.8 Å². The lowest BCUT2D eigenvalue weighted by atomic mass is 9.84. The van der Waals surface area contributed by atoms with E-state index in [2.05, 4.69) is 0 Å². The normalized spacial score (nSPS) is 20.3. The zero-order chi connectivity index (χ0) is 21.2. The number of carbonyl (C=O) groups excluding carboxylic acids is 1. The Labute approximate surface area is 171 Å². The molecule has 0 radical (unpaired) electrons. The fourth-order valence-electron chi connectivity index (χ4n) is 3.96. The number of aliphatic hydroxyl groups is 1. The topological polar surface area (TPSA) is 75.0 Å². The van der Waals surface area contributed by atoms with Crippen molar-refractivity contribution in [2.24, 2.45) is 5.92 Å². The number of piperidine rings is 1. The maximum absolute atomic E-state index is 14.6. The molecule has 0 bridgehead atoms. The second kappa shape index (κ2) is 8.73. The lowest BCUT2D eigenvalue weighted by molar-refractivity contribution is 0.00734. The van der Waals surface area contributed by atoms with Crippen molar-refractivity contribution in [2.75, 3.05) is 24.5 Å². The minimum Gasteiger partial charge on any atom is -0.444 e. The van der Waals surface area contributed by atoms with Crippen LogP contribution in [0.2, 0.25) is 0 Å². The average Bonchev–Trinajstić information content (AvgIpc) is 2.61. The molecule has 2 heterocycles. The number of ether oxygens (including phenoxy) is 1. The van der Waals surface area contributed by atoms with Gasteiger partial charge in [0.05, 0.1) is 11.7 Å². The summed E-state index contributed by atoms with van der Waals surface area (Å²) < 4.78 is 21.1. The van der Waals surface area contributed by atoms with Crippen LogP contribution < -0.4 is 10.5 Å². The van der Waals surface area contributed by atoms with E-state index in [1.807, 2.05) is 30.6 Å². The van der Waals surface area contributed by atoms with Gasteiger partial charge in [0.2, 0.25) is 0 Å². The summed E-state index contributed by atoms with van der Waals surface area (Å²) >= 11 is 0. The highest BCUT2D eigenvalue weighted by Crippen LogP contribution is 2.31. The zero-order valence-corrected chi connectivity index (χ0v) is 17.6. The molecule has 162 valence electrons. The molecule has 7 nitrogen and oxygen atoms in total. The third-order valence-electron chi connectivity index (χ3n) is 5.70. The largest absolute Gasteiger partial charge is 0.444 e. The minimum absolute atomic E-state index is 0.0983. The van der Waals surface area contributed by atoms with Gasteiger partial charge in [0, 0.05) is 31.9 Å². The smallest absolute Gasteiger partial charge is 0.410 e. The number of amides is 1. The molecular weight excluding hydrogens is 377 g/mol. The Morgan fingerprint density at radius 3 is 2.62 bits per heavy atom. The highest BCUT2D eigenvalue weighted by Gasteiger charge is 2.35. The van der Waals surface area contributed by atoms with Crippen LogP contribution in [-0.2, 0) is 11.5 Å². The Morgan fingerprint density at radius 2 is 2.03 bits per heavy atom. The Hall–Kier alpha value is -2.09. The van der Waals surface area contributed by atoms with Gasteiger partial charge >= 0.3 is 6.09 Å². The first-order valence-electron chi connectivity index (χ1n) is 10.4. The monoisotopic (exact) mass is 409 g/mol. The van der Waals surface area contributed by atoms with Gasteiger partial charge in [-0.05, 0) is 52.4 Å². The summed E-state index contributed by atoms with van der Waals surface area (Å²) in [4.78, 5) is 28.6. The van der Waals surface area contributed by atoms with Crippen LogP contribution >= 0.6 is 0 Å². The number of halogens is 1. The quantitative estimate of drug-likeness (QED) is 0.809. The molecule has 0 spiro atoms. The molecule has 8 heteroatoms. The molecule has 29 heavy (non-hydrogen) atoms. The van der Waals surface area contributed by atoms with Crippen LogP contribution in [0.15, 0.2) is 17.1 Å². The van der Waals surface area contributed by atoms with Gasteiger partial charge in [-0.15, -0.1) is 0 Å².